The lowest BCUT2D eigenvalue weighted by molar-refractivity contribution is 0.587. The summed E-state index contributed by atoms with van der Waals surface area (Å²) in [6.45, 7) is 4.91. The Kier molecular flexibility index (Phi) is 4.36. The van der Waals surface area contributed by atoms with Crippen LogP contribution in [0.4, 0.5) is 4.39 Å². The van der Waals surface area contributed by atoms with E-state index in [0.29, 0.717) is 5.56 Å². The number of aromatic nitrogens is 1. The van der Waals surface area contributed by atoms with Gasteiger partial charge in [-0.25, -0.2) is 9.37 Å². The number of hydrogen-bond acceptors (Lipinski definition) is 3. The summed E-state index contributed by atoms with van der Waals surface area (Å²) in [5, 5.41) is 4.69. The molecular weight excluding hydrogens is 283 g/mol. The van der Waals surface area contributed by atoms with Gasteiger partial charge in [-0.05, 0) is 56.3 Å². The molecule has 0 fully saturated rings. The topological polar surface area (TPSA) is 24.9 Å². The fourth-order valence-electron chi connectivity index (χ4n) is 2.82. The van der Waals surface area contributed by atoms with Crippen molar-refractivity contribution in [2.45, 2.75) is 45.6 Å². The maximum Gasteiger partial charge on any atom is 0.126 e. The lowest BCUT2D eigenvalue weighted by Gasteiger charge is -2.17. The molecule has 1 aliphatic carbocycles. The molecule has 0 aliphatic heterocycles. The van der Waals surface area contributed by atoms with Crippen LogP contribution in [-0.2, 0) is 12.8 Å². The van der Waals surface area contributed by atoms with Gasteiger partial charge in [0.05, 0.1) is 11.7 Å². The van der Waals surface area contributed by atoms with Crippen LogP contribution in [0.5, 0.6) is 0 Å². The molecule has 1 heterocycles. The number of fused-ring (bicyclic) bond motifs is 1. The first-order valence-electron chi connectivity index (χ1n) is 7.67. The number of rotatable bonds is 5. The monoisotopic (exact) mass is 304 g/mol. The quantitative estimate of drug-likeness (QED) is 0.897. The molecule has 1 aromatic carbocycles. The highest BCUT2D eigenvalue weighted by atomic mass is 32.1. The Morgan fingerprint density at radius 1 is 1.38 bits per heavy atom. The van der Waals surface area contributed by atoms with Crippen molar-refractivity contribution in [1.82, 2.24) is 10.3 Å². The van der Waals surface area contributed by atoms with Crippen molar-refractivity contribution in [2.75, 3.05) is 6.54 Å². The van der Waals surface area contributed by atoms with Gasteiger partial charge in [0.15, 0.2) is 0 Å². The molecule has 2 aromatic rings. The van der Waals surface area contributed by atoms with Crippen LogP contribution in [0.25, 0.3) is 0 Å². The third-order valence-electron chi connectivity index (χ3n) is 3.97. The van der Waals surface area contributed by atoms with Gasteiger partial charge < -0.3 is 5.32 Å². The molecule has 0 saturated carbocycles. The molecule has 21 heavy (non-hydrogen) atoms. The number of halogens is 1. The molecule has 0 amide bonds. The van der Waals surface area contributed by atoms with Gasteiger partial charge in [0.25, 0.3) is 0 Å². The molecule has 4 heteroatoms. The molecule has 0 saturated heterocycles. The second-order valence-electron chi connectivity index (χ2n) is 5.67. The smallest absolute Gasteiger partial charge is 0.126 e. The molecule has 1 N–H and O–H groups in total. The summed E-state index contributed by atoms with van der Waals surface area (Å²) in [7, 11) is 0. The molecule has 0 spiro atoms. The fraction of sp³-hybridized carbons (Fsp3) is 0.471. The molecule has 1 unspecified atom stereocenters. The average molecular weight is 304 g/mol. The van der Waals surface area contributed by atoms with Crippen molar-refractivity contribution in [3.05, 3.63) is 50.7 Å². The van der Waals surface area contributed by atoms with Crippen molar-refractivity contribution < 1.29 is 4.39 Å². The first-order valence-corrected chi connectivity index (χ1v) is 8.48. The SMILES string of the molecule is CCCNC(c1ccc(F)c(C)c1)c1nc2c(s1)CCC2. The highest BCUT2D eigenvalue weighted by Gasteiger charge is 2.23. The first-order chi connectivity index (χ1) is 10.2. The minimum Gasteiger partial charge on any atom is -0.304 e. The Labute approximate surface area is 129 Å². The molecule has 0 radical (unpaired) electrons. The van der Waals surface area contributed by atoms with E-state index in [1.807, 2.05) is 30.4 Å². The van der Waals surface area contributed by atoms with Gasteiger partial charge in [0.2, 0.25) is 0 Å². The molecule has 1 aromatic heterocycles. The molecular formula is C17H21FN2S. The van der Waals surface area contributed by atoms with Gasteiger partial charge in [-0.2, -0.15) is 0 Å². The van der Waals surface area contributed by atoms with Crippen LogP contribution in [-0.4, -0.2) is 11.5 Å². The van der Waals surface area contributed by atoms with Crippen molar-refractivity contribution in [2.24, 2.45) is 0 Å². The molecule has 2 nitrogen and oxygen atoms in total. The van der Waals surface area contributed by atoms with Gasteiger partial charge in [0.1, 0.15) is 10.8 Å². The van der Waals surface area contributed by atoms with E-state index in [2.05, 4.69) is 12.2 Å². The van der Waals surface area contributed by atoms with Gasteiger partial charge >= 0.3 is 0 Å². The third-order valence-corrected chi connectivity index (χ3v) is 5.20. The summed E-state index contributed by atoms with van der Waals surface area (Å²) in [5.41, 5.74) is 3.08. The largest absolute Gasteiger partial charge is 0.304 e. The van der Waals surface area contributed by atoms with E-state index in [9.17, 15) is 4.39 Å². The summed E-state index contributed by atoms with van der Waals surface area (Å²) in [6.07, 6.45) is 4.57. The van der Waals surface area contributed by atoms with E-state index < -0.39 is 0 Å². The number of hydrogen-bond donors (Lipinski definition) is 1. The van der Waals surface area contributed by atoms with Crippen LogP contribution in [0.2, 0.25) is 0 Å². The van der Waals surface area contributed by atoms with Crippen molar-refractivity contribution in [1.29, 1.82) is 0 Å². The maximum atomic E-state index is 13.5. The van der Waals surface area contributed by atoms with E-state index in [4.69, 9.17) is 4.98 Å². The van der Waals surface area contributed by atoms with E-state index in [0.717, 1.165) is 36.4 Å². The zero-order valence-corrected chi connectivity index (χ0v) is 13.4. The number of nitrogens with one attached hydrogen (secondary N) is 1. The Morgan fingerprint density at radius 3 is 2.95 bits per heavy atom. The van der Waals surface area contributed by atoms with Crippen LogP contribution in [0, 0.1) is 12.7 Å². The van der Waals surface area contributed by atoms with Gasteiger partial charge in [0, 0.05) is 4.88 Å². The zero-order chi connectivity index (χ0) is 14.8. The van der Waals surface area contributed by atoms with E-state index in [-0.39, 0.29) is 11.9 Å². The summed E-state index contributed by atoms with van der Waals surface area (Å²) >= 11 is 1.82. The minimum atomic E-state index is -0.144. The first kappa shape index (κ1) is 14.7. The van der Waals surface area contributed by atoms with Crippen LogP contribution < -0.4 is 5.32 Å². The zero-order valence-electron chi connectivity index (χ0n) is 12.6. The van der Waals surface area contributed by atoms with E-state index in [1.165, 1.54) is 17.0 Å². The number of benzene rings is 1. The maximum absolute atomic E-state index is 13.5. The number of nitrogens with zero attached hydrogens (tertiary/aromatic N) is 1. The summed E-state index contributed by atoms with van der Waals surface area (Å²) < 4.78 is 13.5. The number of thiazole rings is 1. The lowest BCUT2D eigenvalue weighted by Crippen LogP contribution is -2.23. The van der Waals surface area contributed by atoms with Crippen LogP contribution in [0.3, 0.4) is 0 Å². The predicted octanol–water partition coefficient (Wildman–Crippen LogP) is 4.17. The Hall–Kier alpha value is -1.26. The fourth-order valence-corrected chi connectivity index (χ4v) is 4.08. The second kappa shape index (κ2) is 6.24. The van der Waals surface area contributed by atoms with Crippen molar-refractivity contribution >= 4 is 11.3 Å². The molecule has 0 bridgehead atoms. The highest BCUT2D eigenvalue weighted by Crippen LogP contribution is 2.33. The van der Waals surface area contributed by atoms with Crippen LogP contribution in [0.1, 0.15) is 52.5 Å². The predicted molar refractivity (Wildman–Crippen MR) is 85.4 cm³/mol. The van der Waals surface area contributed by atoms with Crippen molar-refractivity contribution in [3.63, 3.8) is 0 Å². The summed E-state index contributed by atoms with van der Waals surface area (Å²) in [6, 6.07) is 5.46. The average Bonchev–Trinajstić information content (AvgIpc) is 3.04. The van der Waals surface area contributed by atoms with Gasteiger partial charge in [-0.3, -0.25) is 0 Å². The van der Waals surface area contributed by atoms with Crippen LogP contribution >= 0.6 is 11.3 Å². The van der Waals surface area contributed by atoms with Gasteiger partial charge in [-0.15, -0.1) is 11.3 Å². The third kappa shape index (κ3) is 3.01. The van der Waals surface area contributed by atoms with E-state index >= 15 is 0 Å². The lowest BCUT2D eigenvalue weighted by atomic mass is 10.0. The van der Waals surface area contributed by atoms with Crippen LogP contribution in [0.15, 0.2) is 18.2 Å². The molecule has 1 aliphatic rings. The van der Waals surface area contributed by atoms with Crippen molar-refractivity contribution in [3.8, 4) is 0 Å². The van der Waals surface area contributed by atoms with E-state index in [1.54, 1.807) is 6.07 Å². The molecule has 1 atom stereocenters. The number of aryl methyl sites for hydroxylation is 3. The normalized spacial score (nSPS) is 15.2. The Morgan fingerprint density at radius 2 is 2.24 bits per heavy atom. The highest BCUT2D eigenvalue weighted by molar-refractivity contribution is 7.11. The standard InChI is InChI=1S/C17H21FN2S/c1-3-9-19-16(12-7-8-13(18)11(2)10-12)17-20-14-5-4-6-15(14)21-17/h7-8,10,16,19H,3-6,9H2,1-2H3. The van der Waals surface area contributed by atoms with Gasteiger partial charge in [-0.1, -0.05) is 19.1 Å². The minimum absolute atomic E-state index is 0.0832. The summed E-state index contributed by atoms with van der Waals surface area (Å²) in [5.74, 6) is -0.144. The molecule has 112 valence electrons. The summed E-state index contributed by atoms with van der Waals surface area (Å²) in [4.78, 5) is 6.27. The molecule has 3 rings (SSSR count). The Balaban J connectivity index is 1.94. The second-order valence-corrected chi connectivity index (χ2v) is 6.79. The Bertz CT molecular complexity index is 614.